The minimum absolute atomic E-state index is 0.135. The van der Waals surface area contributed by atoms with Crippen LogP contribution in [0, 0.1) is 5.82 Å². The van der Waals surface area contributed by atoms with Crippen LogP contribution >= 0.6 is 0 Å². The molecule has 0 bridgehead atoms. The van der Waals surface area contributed by atoms with Crippen LogP contribution in [0.4, 0.5) is 4.39 Å². The Hall–Kier alpha value is -2.21. The van der Waals surface area contributed by atoms with Crippen LogP contribution in [0.2, 0.25) is 0 Å². The van der Waals surface area contributed by atoms with Gasteiger partial charge in [0.25, 0.3) is 10.0 Å². The van der Waals surface area contributed by atoms with E-state index < -0.39 is 10.0 Å². The van der Waals surface area contributed by atoms with Crippen molar-refractivity contribution in [2.45, 2.75) is 11.8 Å². The molecule has 0 fully saturated rings. The summed E-state index contributed by atoms with van der Waals surface area (Å²) < 4.78 is 36.7. The lowest BCUT2D eigenvalue weighted by molar-refractivity contribution is 0.584. The topological polar surface area (TPSA) is 58.5 Å². The SMILES string of the molecule is C/C(=N/NS(=O)(=O)c1ccccc1)c1ccc(F)cc1. The van der Waals surface area contributed by atoms with Gasteiger partial charge in [-0.05, 0) is 36.8 Å². The maximum atomic E-state index is 12.8. The molecule has 0 aromatic heterocycles. The van der Waals surface area contributed by atoms with Crippen molar-refractivity contribution in [2.24, 2.45) is 5.10 Å². The quantitative estimate of drug-likeness (QED) is 0.695. The molecule has 4 nitrogen and oxygen atoms in total. The highest BCUT2D eigenvalue weighted by molar-refractivity contribution is 7.89. The van der Waals surface area contributed by atoms with Crippen LogP contribution in [0.5, 0.6) is 0 Å². The van der Waals surface area contributed by atoms with E-state index in [1.807, 2.05) is 0 Å². The lowest BCUT2D eigenvalue weighted by atomic mass is 10.1. The van der Waals surface area contributed by atoms with Crippen molar-refractivity contribution >= 4 is 15.7 Å². The van der Waals surface area contributed by atoms with E-state index in [0.717, 1.165) is 0 Å². The van der Waals surface area contributed by atoms with Crippen molar-refractivity contribution in [3.63, 3.8) is 0 Å². The Morgan fingerprint density at radius 2 is 1.65 bits per heavy atom. The van der Waals surface area contributed by atoms with Gasteiger partial charge in [0.2, 0.25) is 0 Å². The van der Waals surface area contributed by atoms with Crippen LogP contribution in [-0.4, -0.2) is 14.1 Å². The van der Waals surface area contributed by atoms with E-state index in [9.17, 15) is 12.8 Å². The van der Waals surface area contributed by atoms with Crippen molar-refractivity contribution in [3.8, 4) is 0 Å². The van der Waals surface area contributed by atoms with Crippen LogP contribution in [0.25, 0.3) is 0 Å². The Morgan fingerprint density at radius 1 is 1.05 bits per heavy atom. The summed E-state index contributed by atoms with van der Waals surface area (Å²) in [4.78, 5) is 2.29. The van der Waals surface area contributed by atoms with Crippen molar-refractivity contribution in [3.05, 3.63) is 66.0 Å². The minimum Gasteiger partial charge on any atom is -0.207 e. The van der Waals surface area contributed by atoms with Crippen molar-refractivity contribution in [1.82, 2.24) is 4.83 Å². The first kappa shape index (κ1) is 14.2. The highest BCUT2D eigenvalue weighted by Gasteiger charge is 2.11. The maximum Gasteiger partial charge on any atom is 0.276 e. The Bertz CT molecular complexity index is 711. The first-order valence-electron chi connectivity index (χ1n) is 5.86. The summed E-state index contributed by atoms with van der Waals surface area (Å²) in [6.07, 6.45) is 0. The molecule has 0 aliphatic heterocycles. The van der Waals surface area contributed by atoms with E-state index in [0.29, 0.717) is 11.3 Å². The average Bonchev–Trinajstić information content (AvgIpc) is 2.46. The first-order valence-corrected chi connectivity index (χ1v) is 7.34. The largest absolute Gasteiger partial charge is 0.276 e. The molecule has 20 heavy (non-hydrogen) atoms. The third-order valence-corrected chi connectivity index (χ3v) is 3.87. The van der Waals surface area contributed by atoms with Gasteiger partial charge in [-0.25, -0.2) is 4.39 Å². The molecular weight excluding hydrogens is 279 g/mol. The van der Waals surface area contributed by atoms with Crippen molar-refractivity contribution < 1.29 is 12.8 Å². The second-order valence-electron chi connectivity index (χ2n) is 4.11. The predicted molar refractivity (Wildman–Crippen MR) is 75.4 cm³/mol. The number of benzene rings is 2. The molecule has 1 N–H and O–H groups in total. The standard InChI is InChI=1S/C14H13FN2O2S/c1-11(12-7-9-13(15)10-8-12)16-17-20(18,19)14-5-3-2-4-6-14/h2-10,17H,1H3/b16-11-. The van der Waals surface area contributed by atoms with Gasteiger partial charge in [0.15, 0.2) is 0 Å². The Kier molecular flexibility index (Phi) is 4.14. The normalized spacial score (nSPS) is 12.2. The molecule has 0 heterocycles. The summed E-state index contributed by atoms with van der Waals surface area (Å²) in [6.45, 7) is 1.64. The number of nitrogens with one attached hydrogen (secondary N) is 1. The number of rotatable bonds is 4. The van der Waals surface area contributed by atoms with Crippen LogP contribution in [0.3, 0.4) is 0 Å². The van der Waals surface area contributed by atoms with Crippen LogP contribution in [-0.2, 0) is 10.0 Å². The third kappa shape index (κ3) is 3.42. The molecule has 6 heteroatoms. The fourth-order valence-electron chi connectivity index (χ4n) is 1.54. The molecule has 0 unspecified atom stereocenters. The zero-order valence-corrected chi connectivity index (χ0v) is 11.6. The molecule has 0 saturated carbocycles. The van der Waals surface area contributed by atoms with Crippen molar-refractivity contribution in [1.29, 1.82) is 0 Å². The third-order valence-electron chi connectivity index (χ3n) is 2.65. The molecule has 0 saturated heterocycles. The fourth-order valence-corrected chi connectivity index (χ4v) is 2.41. The predicted octanol–water partition coefficient (Wildman–Crippen LogP) is 2.53. The van der Waals surface area contributed by atoms with E-state index in [1.165, 1.54) is 36.4 Å². The molecule has 0 amide bonds. The zero-order valence-electron chi connectivity index (χ0n) is 10.7. The van der Waals surface area contributed by atoms with E-state index in [-0.39, 0.29) is 10.7 Å². The Labute approximate surface area is 117 Å². The summed E-state index contributed by atoms with van der Waals surface area (Å²) in [6, 6.07) is 13.6. The lowest BCUT2D eigenvalue weighted by Gasteiger charge is -2.05. The smallest absolute Gasteiger partial charge is 0.207 e. The number of hydrogen-bond donors (Lipinski definition) is 1. The van der Waals surface area contributed by atoms with Crippen LogP contribution in [0.1, 0.15) is 12.5 Å². The van der Waals surface area contributed by atoms with E-state index in [4.69, 9.17) is 0 Å². The van der Waals surface area contributed by atoms with E-state index >= 15 is 0 Å². The Morgan fingerprint density at radius 3 is 2.25 bits per heavy atom. The van der Waals surface area contributed by atoms with Crippen LogP contribution < -0.4 is 4.83 Å². The van der Waals surface area contributed by atoms with Gasteiger partial charge in [-0.15, -0.1) is 0 Å². The molecule has 0 radical (unpaired) electrons. The maximum absolute atomic E-state index is 12.8. The fraction of sp³-hybridized carbons (Fsp3) is 0.0714. The highest BCUT2D eigenvalue weighted by Crippen LogP contribution is 2.08. The summed E-state index contributed by atoms with van der Waals surface area (Å²) in [7, 11) is -3.68. The van der Waals surface area contributed by atoms with Gasteiger partial charge < -0.3 is 0 Å². The molecule has 0 aliphatic rings. The molecule has 0 atom stereocenters. The lowest BCUT2D eigenvalue weighted by Crippen LogP contribution is -2.19. The van der Waals surface area contributed by atoms with Gasteiger partial charge in [-0.3, -0.25) is 0 Å². The van der Waals surface area contributed by atoms with Gasteiger partial charge >= 0.3 is 0 Å². The molecule has 2 aromatic rings. The molecular formula is C14H13FN2O2S. The first-order chi connectivity index (χ1) is 9.49. The highest BCUT2D eigenvalue weighted by atomic mass is 32.2. The van der Waals surface area contributed by atoms with Gasteiger partial charge in [-0.2, -0.15) is 18.4 Å². The summed E-state index contributed by atoms with van der Waals surface area (Å²) in [5, 5.41) is 3.83. The number of halogens is 1. The number of sulfonamides is 1. The summed E-state index contributed by atoms with van der Waals surface area (Å²) in [5.41, 5.74) is 1.09. The van der Waals surface area contributed by atoms with Crippen molar-refractivity contribution in [2.75, 3.05) is 0 Å². The van der Waals surface area contributed by atoms with E-state index in [2.05, 4.69) is 9.93 Å². The molecule has 0 spiro atoms. The molecule has 2 rings (SSSR count). The molecule has 104 valence electrons. The van der Waals surface area contributed by atoms with Gasteiger partial charge in [0, 0.05) is 0 Å². The van der Waals surface area contributed by atoms with Crippen LogP contribution in [0.15, 0.2) is 64.6 Å². The number of nitrogens with zero attached hydrogens (tertiary/aromatic N) is 1. The average molecular weight is 292 g/mol. The van der Waals surface area contributed by atoms with E-state index in [1.54, 1.807) is 25.1 Å². The molecule has 2 aromatic carbocycles. The summed E-state index contributed by atoms with van der Waals surface area (Å²) >= 11 is 0. The van der Waals surface area contributed by atoms with Gasteiger partial charge in [0.05, 0.1) is 10.6 Å². The summed E-state index contributed by atoms with van der Waals surface area (Å²) in [5.74, 6) is -0.355. The zero-order chi connectivity index (χ0) is 14.6. The second kappa shape index (κ2) is 5.83. The second-order valence-corrected chi connectivity index (χ2v) is 5.77. The number of hydrazone groups is 1. The number of hydrogen-bond acceptors (Lipinski definition) is 3. The van der Waals surface area contributed by atoms with Gasteiger partial charge in [-0.1, -0.05) is 30.3 Å². The monoisotopic (exact) mass is 292 g/mol. The minimum atomic E-state index is -3.68. The van der Waals surface area contributed by atoms with Gasteiger partial charge in [0.1, 0.15) is 5.82 Å². The molecule has 0 aliphatic carbocycles. The Balaban J connectivity index is 2.18.